The number of rotatable bonds is 2. The molecule has 0 radical (unpaired) electrons. The molecule has 0 aromatic rings. The molecule has 1 unspecified atom stereocenters. The van der Waals surface area contributed by atoms with Gasteiger partial charge in [0.15, 0.2) is 0 Å². The Labute approximate surface area is 103 Å². The molecule has 0 amide bonds. The van der Waals surface area contributed by atoms with Crippen molar-refractivity contribution < 1.29 is 0 Å². The van der Waals surface area contributed by atoms with Gasteiger partial charge in [0.1, 0.15) is 5.84 Å². The quantitative estimate of drug-likeness (QED) is 0.338. The zero-order valence-electron chi connectivity index (χ0n) is 9.95. The summed E-state index contributed by atoms with van der Waals surface area (Å²) in [5.41, 5.74) is 2.85. The van der Waals surface area contributed by atoms with E-state index >= 15 is 0 Å². The Hall–Kier alpha value is -0.220. The number of hydrogen-bond acceptors (Lipinski definition) is 3. The molecular weight excluding hydrogens is 218 g/mol. The van der Waals surface area contributed by atoms with Crippen molar-refractivity contribution in [2.45, 2.75) is 62.7 Å². The van der Waals surface area contributed by atoms with Crippen LogP contribution in [0.25, 0.3) is 0 Å². The van der Waals surface area contributed by atoms with E-state index in [0.717, 1.165) is 5.84 Å². The van der Waals surface area contributed by atoms with E-state index in [2.05, 4.69) is 5.43 Å². The monoisotopic (exact) mass is 241 g/mol. The summed E-state index contributed by atoms with van der Waals surface area (Å²) in [7, 11) is 0. The van der Waals surface area contributed by atoms with Crippen LogP contribution in [0.1, 0.15) is 51.4 Å². The minimum Gasteiger partial charge on any atom is -0.311 e. The minimum absolute atomic E-state index is 0.528. The van der Waals surface area contributed by atoms with E-state index in [1.165, 1.54) is 57.1 Å². The second kappa shape index (κ2) is 6.50. The number of hydrazine groups is 1. The normalized spacial score (nSPS) is 29.1. The van der Waals surface area contributed by atoms with E-state index in [4.69, 9.17) is 10.8 Å². The summed E-state index contributed by atoms with van der Waals surface area (Å²) in [6, 6.07) is 0.530. The third-order valence-electron chi connectivity index (χ3n) is 3.53. The third-order valence-corrected chi connectivity index (χ3v) is 4.91. The Morgan fingerprint density at radius 3 is 2.44 bits per heavy atom. The van der Waals surface area contributed by atoms with Crippen molar-refractivity contribution in [2.75, 3.05) is 5.75 Å². The molecule has 2 rings (SSSR count). The van der Waals surface area contributed by atoms with Crippen molar-refractivity contribution in [1.29, 1.82) is 0 Å². The van der Waals surface area contributed by atoms with Crippen molar-refractivity contribution in [1.82, 2.24) is 5.43 Å². The van der Waals surface area contributed by atoms with Crippen molar-refractivity contribution in [2.24, 2.45) is 10.8 Å². The Morgan fingerprint density at radius 1 is 1.06 bits per heavy atom. The van der Waals surface area contributed by atoms with E-state index in [0.29, 0.717) is 11.3 Å². The van der Waals surface area contributed by atoms with Gasteiger partial charge in [-0.1, -0.05) is 25.7 Å². The molecule has 1 aliphatic heterocycles. The molecule has 4 heteroatoms. The van der Waals surface area contributed by atoms with Crippen LogP contribution in [0.5, 0.6) is 0 Å². The van der Waals surface area contributed by atoms with E-state index in [-0.39, 0.29) is 0 Å². The van der Waals surface area contributed by atoms with Crippen LogP contribution in [-0.4, -0.2) is 22.9 Å². The van der Waals surface area contributed by atoms with Crippen LogP contribution in [0.15, 0.2) is 4.99 Å². The van der Waals surface area contributed by atoms with Crippen LogP contribution in [0, 0.1) is 0 Å². The van der Waals surface area contributed by atoms with Gasteiger partial charge in [-0.05, 0) is 31.4 Å². The second-order valence-corrected chi connectivity index (χ2v) is 6.12. The van der Waals surface area contributed by atoms with Gasteiger partial charge >= 0.3 is 0 Å². The molecule has 1 atom stereocenters. The molecule has 2 fully saturated rings. The molecule has 0 aromatic carbocycles. The van der Waals surface area contributed by atoms with Crippen LogP contribution in [0.4, 0.5) is 0 Å². The first-order valence-corrected chi connectivity index (χ1v) is 7.61. The fourth-order valence-corrected chi connectivity index (χ4v) is 3.85. The number of nitrogens with zero attached hydrogens (tertiary/aromatic N) is 1. The van der Waals surface area contributed by atoms with E-state index in [1.807, 2.05) is 11.8 Å². The number of thioether (sulfide) groups is 1. The SMILES string of the molecule is NNC(=NC1CCCCC1)C1CCCCS1. The zero-order chi connectivity index (χ0) is 11.2. The highest BCUT2D eigenvalue weighted by Crippen LogP contribution is 2.27. The predicted octanol–water partition coefficient (Wildman–Crippen LogP) is 2.47. The molecule has 3 nitrogen and oxygen atoms in total. The molecule has 1 saturated carbocycles. The lowest BCUT2D eigenvalue weighted by molar-refractivity contribution is 0.441. The average molecular weight is 241 g/mol. The van der Waals surface area contributed by atoms with Gasteiger partial charge in [0.25, 0.3) is 0 Å². The van der Waals surface area contributed by atoms with E-state index in [9.17, 15) is 0 Å². The molecule has 0 bridgehead atoms. The molecule has 0 aromatic heterocycles. The lowest BCUT2D eigenvalue weighted by atomic mass is 9.96. The predicted molar refractivity (Wildman–Crippen MR) is 71.7 cm³/mol. The number of nitrogens with two attached hydrogens (primary N) is 1. The van der Waals surface area contributed by atoms with Crippen molar-refractivity contribution >= 4 is 17.6 Å². The summed E-state index contributed by atoms with van der Waals surface area (Å²) in [5, 5.41) is 0.528. The van der Waals surface area contributed by atoms with Gasteiger partial charge in [0, 0.05) is 0 Å². The number of aliphatic imine (C=N–C) groups is 1. The number of nitrogens with one attached hydrogen (secondary N) is 1. The van der Waals surface area contributed by atoms with Gasteiger partial charge in [-0.25, -0.2) is 5.84 Å². The molecule has 3 N–H and O–H groups in total. The average Bonchev–Trinajstić information content (AvgIpc) is 2.38. The van der Waals surface area contributed by atoms with Gasteiger partial charge in [-0.2, -0.15) is 11.8 Å². The first-order chi connectivity index (χ1) is 7.90. The Balaban J connectivity index is 1.93. The maximum atomic E-state index is 5.63. The van der Waals surface area contributed by atoms with Crippen molar-refractivity contribution in [3.63, 3.8) is 0 Å². The number of amidine groups is 1. The highest BCUT2D eigenvalue weighted by Gasteiger charge is 2.21. The summed E-state index contributed by atoms with van der Waals surface area (Å²) >= 11 is 2.01. The molecule has 1 aliphatic carbocycles. The van der Waals surface area contributed by atoms with E-state index < -0.39 is 0 Å². The molecular formula is C12H23N3S. The van der Waals surface area contributed by atoms with Gasteiger partial charge in [0.05, 0.1) is 11.3 Å². The highest BCUT2D eigenvalue weighted by atomic mass is 32.2. The maximum absolute atomic E-state index is 5.63. The molecule has 0 spiro atoms. The summed E-state index contributed by atoms with van der Waals surface area (Å²) in [6.07, 6.45) is 10.5. The largest absolute Gasteiger partial charge is 0.311 e. The first-order valence-electron chi connectivity index (χ1n) is 6.56. The second-order valence-electron chi connectivity index (χ2n) is 4.81. The molecule has 92 valence electrons. The summed E-state index contributed by atoms with van der Waals surface area (Å²) in [4.78, 5) is 4.84. The summed E-state index contributed by atoms with van der Waals surface area (Å²) in [5.74, 6) is 7.94. The molecule has 1 saturated heterocycles. The van der Waals surface area contributed by atoms with Crippen LogP contribution in [0.3, 0.4) is 0 Å². The maximum Gasteiger partial charge on any atom is 0.124 e. The topological polar surface area (TPSA) is 50.4 Å². The fourth-order valence-electron chi connectivity index (χ4n) is 2.58. The smallest absolute Gasteiger partial charge is 0.124 e. The molecule has 2 aliphatic rings. The molecule has 1 heterocycles. The number of hydrogen-bond donors (Lipinski definition) is 2. The third kappa shape index (κ3) is 3.39. The van der Waals surface area contributed by atoms with Gasteiger partial charge in [-0.3, -0.25) is 4.99 Å². The van der Waals surface area contributed by atoms with E-state index in [1.54, 1.807) is 0 Å². The standard InChI is InChI=1S/C12H23N3S/c13-15-12(11-8-4-5-9-16-11)14-10-6-2-1-3-7-10/h10-11H,1-9,13H2,(H,14,15). The fraction of sp³-hybridized carbons (Fsp3) is 0.917. The zero-order valence-corrected chi connectivity index (χ0v) is 10.8. The lowest BCUT2D eigenvalue weighted by Gasteiger charge is -2.25. The highest BCUT2D eigenvalue weighted by molar-refractivity contribution is 8.00. The van der Waals surface area contributed by atoms with Crippen molar-refractivity contribution in [3.8, 4) is 0 Å². The van der Waals surface area contributed by atoms with Gasteiger partial charge in [0.2, 0.25) is 0 Å². The minimum atomic E-state index is 0.528. The van der Waals surface area contributed by atoms with Crippen molar-refractivity contribution in [3.05, 3.63) is 0 Å². The summed E-state index contributed by atoms with van der Waals surface area (Å²) in [6.45, 7) is 0. The Morgan fingerprint density at radius 2 is 1.81 bits per heavy atom. The lowest BCUT2D eigenvalue weighted by Crippen LogP contribution is -2.40. The molecule has 16 heavy (non-hydrogen) atoms. The Bertz CT molecular complexity index is 230. The summed E-state index contributed by atoms with van der Waals surface area (Å²) < 4.78 is 0. The Kier molecular flexibility index (Phi) is 4.97. The van der Waals surface area contributed by atoms with Gasteiger partial charge in [-0.15, -0.1) is 0 Å². The van der Waals surface area contributed by atoms with Crippen LogP contribution in [0.2, 0.25) is 0 Å². The van der Waals surface area contributed by atoms with Crippen LogP contribution >= 0.6 is 11.8 Å². The van der Waals surface area contributed by atoms with Crippen LogP contribution in [-0.2, 0) is 0 Å². The first kappa shape index (κ1) is 12.2. The van der Waals surface area contributed by atoms with Gasteiger partial charge < -0.3 is 5.43 Å². The van der Waals surface area contributed by atoms with Crippen LogP contribution < -0.4 is 11.3 Å².